The molecular weight excluding hydrogens is 292 g/mol. The van der Waals surface area contributed by atoms with Crippen molar-refractivity contribution < 1.29 is 29.0 Å². The summed E-state index contributed by atoms with van der Waals surface area (Å²) in [6.45, 7) is 1.35. The molecule has 0 saturated heterocycles. The average Bonchev–Trinajstić information content (AvgIpc) is 2.45. The number of amides is 2. The van der Waals surface area contributed by atoms with Gasteiger partial charge in [-0.2, -0.15) is 0 Å². The third-order valence-corrected chi connectivity index (χ3v) is 2.67. The van der Waals surface area contributed by atoms with Crippen LogP contribution in [-0.4, -0.2) is 37.1 Å². The lowest BCUT2D eigenvalue weighted by atomic mass is 10.2. The van der Waals surface area contributed by atoms with Crippen LogP contribution < -0.4 is 20.1 Å². The molecule has 0 aromatic heterocycles. The third-order valence-electron chi connectivity index (χ3n) is 2.67. The van der Waals surface area contributed by atoms with Crippen molar-refractivity contribution in [3.8, 4) is 11.5 Å². The van der Waals surface area contributed by atoms with Crippen molar-refractivity contribution in [3.63, 3.8) is 0 Å². The molecule has 0 radical (unpaired) electrons. The summed E-state index contributed by atoms with van der Waals surface area (Å²) in [4.78, 5) is 33.3. The number of carbonyl (C=O) groups excluding carboxylic acids is 2. The molecule has 0 heterocycles. The number of aliphatic carboxylic acids is 1. The number of anilines is 2. The van der Waals surface area contributed by atoms with Crippen molar-refractivity contribution in [3.05, 3.63) is 12.1 Å². The Kier molecular flexibility index (Phi) is 6.18. The quantitative estimate of drug-likeness (QED) is 0.702. The van der Waals surface area contributed by atoms with Crippen LogP contribution in [0.25, 0.3) is 0 Å². The standard InChI is InChI=1S/C14H18N2O6/c1-8(17)15-9-6-12(22-3)10(7-11(9)21-2)16-13(18)4-5-14(19)20/h6-7H,4-5H2,1-3H3,(H,15,17)(H,16,18)(H,19,20). The summed E-state index contributed by atoms with van der Waals surface area (Å²) in [5, 5.41) is 13.7. The highest BCUT2D eigenvalue weighted by atomic mass is 16.5. The van der Waals surface area contributed by atoms with E-state index in [-0.39, 0.29) is 18.7 Å². The third kappa shape index (κ3) is 4.97. The molecule has 0 fully saturated rings. The lowest BCUT2D eigenvalue weighted by Gasteiger charge is -2.15. The minimum atomic E-state index is -1.05. The summed E-state index contributed by atoms with van der Waals surface area (Å²) in [6, 6.07) is 3.00. The van der Waals surface area contributed by atoms with E-state index in [2.05, 4.69) is 10.6 Å². The topological polar surface area (TPSA) is 114 Å². The van der Waals surface area contributed by atoms with Crippen LogP contribution in [-0.2, 0) is 14.4 Å². The second kappa shape index (κ2) is 7.87. The van der Waals surface area contributed by atoms with Gasteiger partial charge in [-0.05, 0) is 0 Å². The van der Waals surface area contributed by atoms with Gasteiger partial charge < -0.3 is 25.2 Å². The SMILES string of the molecule is COc1cc(NC(=O)CCC(=O)O)c(OC)cc1NC(C)=O. The molecule has 120 valence electrons. The Bertz CT molecular complexity index is 585. The van der Waals surface area contributed by atoms with E-state index >= 15 is 0 Å². The van der Waals surface area contributed by atoms with Gasteiger partial charge in [0.2, 0.25) is 11.8 Å². The molecule has 0 bridgehead atoms. The number of benzene rings is 1. The first-order valence-corrected chi connectivity index (χ1v) is 6.42. The number of carboxylic acid groups (broad SMARTS) is 1. The zero-order chi connectivity index (χ0) is 16.7. The maximum atomic E-state index is 11.7. The van der Waals surface area contributed by atoms with E-state index in [1.54, 1.807) is 0 Å². The number of ether oxygens (including phenoxy) is 2. The van der Waals surface area contributed by atoms with E-state index in [9.17, 15) is 14.4 Å². The summed E-state index contributed by atoms with van der Waals surface area (Å²) in [5.74, 6) is -1.15. The molecule has 0 atom stereocenters. The zero-order valence-electron chi connectivity index (χ0n) is 12.6. The van der Waals surface area contributed by atoms with Crippen LogP contribution >= 0.6 is 0 Å². The average molecular weight is 310 g/mol. The van der Waals surface area contributed by atoms with Crippen molar-refractivity contribution in [2.45, 2.75) is 19.8 Å². The van der Waals surface area contributed by atoms with Crippen LogP contribution in [0, 0.1) is 0 Å². The number of hydrogen-bond acceptors (Lipinski definition) is 5. The van der Waals surface area contributed by atoms with E-state index in [1.807, 2.05) is 0 Å². The Labute approximate surface area is 127 Å². The summed E-state index contributed by atoms with van der Waals surface area (Å²) in [7, 11) is 2.83. The van der Waals surface area contributed by atoms with Gasteiger partial charge in [-0.25, -0.2) is 0 Å². The number of methoxy groups -OCH3 is 2. The Hall–Kier alpha value is -2.77. The molecule has 0 aliphatic rings. The van der Waals surface area contributed by atoms with Gasteiger partial charge in [0.1, 0.15) is 11.5 Å². The number of carboxylic acids is 1. The molecule has 1 rings (SSSR count). The predicted molar refractivity (Wildman–Crippen MR) is 79.3 cm³/mol. The Morgan fingerprint density at radius 3 is 1.91 bits per heavy atom. The number of nitrogens with one attached hydrogen (secondary N) is 2. The molecule has 0 saturated carbocycles. The van der Waals surface area contributed by atoms with Gasteiger partial charge in [0.05, 0.1) is 32.0 Å². The minimum absolute atomic E-state index is 0.158. The second-order valence-electron chi connectivity index (χ2n) is 4.38. The van der Waals surface area contributed by atoms with E-state index in [0.717, 1.165) is 0 Å². The van der Waals surface area contributed by atoms with Crippen LogP contribution in [0.1, 0.15) is 19.8 Å². The smallest absolute Gasteiger partial charge is 0.303 e. The van der Waals surface area contributed by atoms with E-state index in [1.165, 1.54) is 33.3 Å². The largest absolute Gasteiger partial charge is 0.494 e. The van der Waals surface area contributed by atoms with E-state index < -0.39 is 11.9 Å². The zero-order valence-corrected chi connectivity index (χ0v) is 12.6. The fourth-order valence-corrected chi connectivity index (χ4v) is 1.72. The molecule has 1 aromatic rings. The molecule has 8 heteroatoms. The van der Waals surface area contributed by atoms with Gasteiger partial charge in [0, 0.05) is 25.5 Å². The summed E-state index contributed by atoms with van der Waals surface area (Å²) >= 11 is 0. The molecular formula is C14H18N2O6. The summed E-state index contributed by atoms with van der Waals surface area (Å²) in [5.41, 5.74) is 0.722. The van der Waals surface area contributed by atoms with Crippen LogP contribution in [0.5, 0.6) is 11.5 Å². The normalized spacial score (nSPS) is 9.77. The van der Waals surface area contributed by atoms with Gasteiger partial charge in [-0.15, -0.1) is 0 Å². The highest BCUT2D eigenvalue weighted by Gasteiger charge is 2.15. The first-order valence-electron chi connectivity index (χ1n) is 6.42. The monoisotopic (exact) mass is 310 g/mol. The lowest BCUT2D eigenvalue weighted by Crippen LogP contribution is -2.14. The Morgan fingerprint density at radius 1 is 1.00 bits per heavy atom. The fourth-order valence-electron chi connectivity index (χ4n) is 1.72. The number of hydrogen-bond donors (Lipinski definition) is 3. The van der Waals surface area contributed by atoms with Gasteiger partial charge in [-0.3, -0.25) is 14.4 Å². The molecule has 0 aliphatic carbocycles. The first kappa shape index (κ1) is 17.3. The number of carbonyl (C=O) groups is 3. The van der Waals surface area contributed by atoms with Crippen LogP contribution in [0.2, 0.25) is 0 Å². The Morgan fingerprint density at radius 2 is 1.50 bits per heavy atom. The van der Waals surface area contributed by atoms with Gasteiger partial charge in [0.15, 0.2) is 0 Å². The maximum absolute atomic E-state index is 11.7. The van der Waals surface area contributed by atoms with Crippen LogP contribution in [0.4, 0.5) is 11.4 Å². The molecule has 3 N–H and O–H groups in total. The first-order chi connectivity index (χ1) is 10.4. The van der Waals surface area contributed by atoms with Crippen molar-refractivity contribution in [2.24, 2.45) is 0 Å². The highest BCUT2D eigenvalue weighted by Crippen LogP contribution is 2.36. The van der Waals surface area contributed by atoms with Crippen LogP contribution in [0.15, 0.2) is 12.1 Å². The van der Waals surface area contributed by atoms with Gasteiger partial charge in [-0.1, -0.05) is 0 Å². The molecule has 0 spiro atoms. The molecule has 0 aliphatic heterocycles. The second-order valence-corrected chi connectivity index (χ2v) is 4.38. The maximum Gasteiger partial charge on any atom is 0.303 e. The number of rotatable bonds is 7. The molecule has 1 aromatic carbocycles. The fraction of sp³-hybridized carbons (Fsp3) is 0.357. The minimum Gasteiger partial charge on any atom is -0.494 e. The van der Waals surface area contributed by atoms with Crippen LogP contribution in [0.3, 0.4) is 0 Å². The predicted octanol–water partition coefficient (Wildman–Crippen LogP) is 1.47. The molecule has 0 unspecified atom stereocenters. The summed E-state index contributed by atoms with van der Waals surface area (Å²) < 4.78 is 10.3. The van der Waals surface area contributed by atoms with E-state index in [4.69, 9.17) is 14.6 Å². The van der Waals surface area contributed by atoms with Crippen molar-refractivity contribution in [1.29, 1.82) is 0 Å². The van der Waals surface area contributed by atoms with Crippen molar-refractivity contribution in [2.75, 3.05) is 24.9 Å². The Balaban J connectivity index is 3.01. The van der Waals surface area contributed by atoms with Gasteiger partial charge >= 0.3 is 5.97 Å². The molecule has 2 amide bonds. The van der Waals surface area contributed by atoms with Crippen molar-refractivity contribution >= 4 is 29.2 Å². The van der Waals surface area contributed by atoms with Gasteiger partial charge in [0.25, 0.3) is 0 Å². The summed E-state index contributed by atoms with van der Waals surface area (Å²) in [6.07, 6.45) is -0.427. The van der Waals surface area contributed by atoms with E-state index in [0.29, 0.717) is 22.9 Å². The molecule has 22 heavy (non-hydrogen) atoms. The highest BCUT2D eigenvalue weighted by molar-refractivity contribution is 5.96. The lowest BCUT2D eigenvalue weighted by molar-refractivity contribution is -0.138. The molecule has 8 nitrogen and oxygen atoms in total. The van der Waals surface area contributed by atoms with Crippen molar-refractivity contribution in [1.82, 2.24) is 0 Å².